The van der Waals surface area contributed by atoms with Crippen molar-refractivity contribution < 1.29 is 4.79 Å². The molecule has 0 spiro atoms. The van der Waals surface area contributed by atoms with Gasteiger partial charge in [0.15, 0.2) is 0 Å². The number of likely N-dealkylation sites (tertiary alicyclic amines) is 1. The number of carbonyl (C=O) groups excluding carboxylic acids is 1. The molecule has 1 amide bonds. The van der Waals surface area contributed by atoms with Crippen LogP contribution in [0, 0.1) is 29.1 Å². The summed E-state index contributed by atoms with van der Waals surface area (Å²) >= 11 is 0. The Balaban J connectivity index is 1.76. The lowest BCUT2D eigenvalue weighted by molar-refractivity contribution is -0.135. The highest BCUT2D eigenvalue weighted by molar-refractivity contribution is 5.84. The summed E-state index contributed by atoms with van der Waals surface area (Å²) in [5.74, 6) is 1.74. The molecule has 0 aromatic heterocycles. The summed E-state index contributed by atoms with van der Waals surface area (Å²) in [4.78, 5) is 14.6. The third kappa shape index (κ3) is 1.73. The predicted molar refractivity (Wildman–Crippen MR) is 67.5 cm³/mol. The summed E-state index contributed by atoms with van der Waals surface area (Å²) in [6.45, 7) is 5.30. The zero-order valence-electron chi connectivity index (χ0n) is 11.1. The second-order valence-corrected chi connectivity index (χ2v) is 6.32. The third-order valence-electron chi connectivity index (χ3n) is 4.90. The number of nitrogens with one attached hydrogen (secondary N) is 1. The first-order valence-electron chi connectivity index (χ1n) is 7.08. The topological polar surface area (TPSA) is 56.1 Å². The first-order valence-corrected chi connectivity index (χ1v) is 7.08. The summed E-state index contributed by atoms with van der Waals surface area (Å²) in [6, 6.07) is 2.45. The van der Waals surface area contributed by atoms with Crippen LogP contribution < -0.4 is 5.32 Å². The van der Waals surface area contributed by atoms with Crippen LogP contribution in [0.2, 0.25) is 0 Å². The minimum Gasteiger partial charge on any atom is -0.322 e. The minimum atomic E-state index is -0.170. The van der Waals surface area contributed by atoms with Gasteiger partial charge in [0.2, 0.25) is 5.91 Å². The van der Waals surface area contributed by atoms with Crippen molar-refractivity contribution in [2.24, 2.45) is 17.8 Å². The lowest BCUT2D eigenvalue weighted by Gasteiger charge is -2.30. The fourth-order valence-electron chi connectivity index (χ4n) is 3.76. The smallest absolute Gasteiger partial charge is 0.241 e. The van der Waals surface area contributed by atoms with Gasteiger partial charge in [0.1, 0.15) is 6.04 Å². The molecule has 0 bridgehead atoms. The van der Waals surface area contributed by atoms with Crippen LogP contribution in [0.3, 0.4) is 0 Å². The van der Waals surface area contributed by atoms with Crippen LogP contribution >= 0.6 is 0 Å². The molecule has 4 heteroatoms. The normalized spacial score (nSPS) is 41.9. The molecular formula is C14H21N3O. The highest BCUT2D eigenvalue weighted by Gasteiger charge is 2.55. The molecule has 1 aliphatic carbocycles. The van der Waals surface area contributed by atoms with Gasteiger partial charge in [0.25, 0.3) is 0 Å². The second-order valence-electron chi connectivity index (χ2n) is 6.32. The van der Waals surface area contributed by atoms with E-state index in [4.69, 9.17) is 0 Å². The number of amides is 1. The Bertz CT molecular complexity index is 400. The van der Waals surface area contributed by atoms with Gasteiger partial charge in [-0.15, -0.1) is 0 Å². The van der Waals surface area contributed by atoms with E-state index in [1.807, 2.05) is 4.90 Å². The van der Waals surface area contributed by atoms with Gasteiger partial charge >= 0.3 is 0 Å². The average Bonchev–Trinajstić information content (AvgIpc) is 2.82. The maximum atomic E-state index is 12.7. The number of fused-ring (bicyclic) bond motifs is 1. The molecule has 98 valence electrons. The van der Waals surface area contributed by atoms with E-state index >= 15 is 0 Å². The van der Waals surface area contributed by atoms with Gasteiger partial charge in [-0.05, 0) is 43.6 Å². The largest absolute Gasteiger partial charge is 0.322 e. The second kappa shape index (κ2) is 4.24. The van der Waals surface area contributed by atoms with E-state index in [1.54, 1.807) is 0 Å². The monoisotopic (exact) mass is 247 g/mol. The molecule has 18 heavy (non-hydrogen) atoms. The molecule has 2 heterocycles. The minimum absolute atomic E-state index is 0.0554. The van der Waals surface area contributed by atoms with E-state index in [9.17, 15) is 10.1 Å². The number of carbonyl (C=O) groups is 1. The van der Waals surface area contributed by atoms with Gasteiger partial charge in [-0.25, -0.2) is 0 Å². The summed E-state index contributed by atoms with van der Waals surface area (Å²) in [5, 5.41) is 12.5. The summed E-state index contributed by atoms with van der Waals surface area (Å²) in [6.07, 6.45) is 3.09. The molecule has 2 aliphatic heterocycles. The number of piperidine rings is 1. The predicted octanol–water partition coefficient (Wildman–Crippen LogP) is 1.13. The van der Waals surface area contributed by atoms with Crippen molar-refractivity contribution in [3.63, 3.8) is 0 Å². The standard InChI is InChI=1S/C14H21N3O/c1-8(2)11-3-4-16-13(11)14(18)17-10(7-15)5-9-6-12(9)17/h8-13,16H,3-6H2,1-2H3/t9-,10+,11?,12+,13+/m1/s1. The maximum Gasteiger partial charge on any atom is 0.241 e. The third-order valence-corrected chi connectivity index (χ3v) is 4.90. The van der Waals surface area contributed by atoms with Crippen molar-refractivity contribution >= 4 is 5.91 Å². The molecule has 1 N–H and O–H groups in total. The molecule has 4 nitrogen and oxygen atoms in total. The number of nitrogens with zero attached hydrogens (tertiary/aromatic N) is 2. The SMILES string of the molecule is CC(C)C1CCN[C@@H]1C(=O)N1[C@H](C#N)C[C@@H]2C[C@@H]21. The molecule has 3 rings (SSSR count). The van der Waals surface area contributed by atoms with Crippen LogP contribution in [0.4, 0.5) is 0 Å². The van der Waals surface area contributed by atoms with Crippen LogP contribution in [0.25, 0.3) is 0 Å². The number of hydrogen-bond donors (Lipinski definition) is 1. The Morgan fingerprint density at radius 1 is 1.44 bits per heavy atom. The Morgan fingerprint density at radius 2 is 2.22 bits per heavy atom. The molecule has 1 unspecified atom stereocenters. The molecular weight excluding hydrogens is 226 g/mol. The Kier molecular flexibility index (Phi) is 2.82. The van der Waals surface area contributed by atoms with Gasteiger partial charge in [-0.2, -0.15) is 5.26 Å². The van der Waals surface area contributed by atoms with Crippen LogP contribution in [0.5, 0.6) is 0 Å². The molecule has 3 aliphatic rings. The Labute approximate surface area is 108 Å². The van der Waals surface area contributed by atoms with Gasteiger partial charge in [-0.1, -0.05) is 13.8 Å². The Hall–Kier alpha value is -1.08. The van der Waals surface area contributed by atoms with E-state index in [-0.39, 0.29) is 18.0 Å². The van der Waals surface area contributed by atoms with Crippen molar-refractivity contribution in [3.8, 4) is 6.07 Å². The van der Waals surface area contributed by atoms with E-state index < -0.39 is 0 Å². The quantitative estimate of drug-likeness (QED) is 0.796. The molecule has 1 saturated carbocycles. The van der Waals surface area contributed by atoms with E-state index in [1.165, 1.54) is 0 Å². The first kappa shape index (κ1) is 12.0. The van der Waals surface area contributed by atoms with Gasteiger partial charge in [0.05, 0.1) is 12.1 Å². The van der Waals surface area contributed by atoms with E-state index in [2.05, 4.69) is 25.2 Å². The number of rotatable bonds is 2. The average molecular weight is 247 g/mol. The molecule has 5 atom stereocenters. The summed E-state index contributed by atoms with van der Waals surface area (Å²) in [7, 11) is 0. The van der Waals surface area contributed by atoms with Crippen LogP contribution in [-0.2, 0) is 4.79 Å². The van der Waals surface area contributed by atoms with Crippen LogP contribution in [-0.4, -0.2) is 35.5 Å². The highest BCUT2D eigenvalue weighted by Crippen LogP contribution is 2.48. The van der Waals surface area contributed by atoms with Gasteiger partial charge in [-0.3, -0.25) is 4.79 Å². The lowest BCUT2D eigenvalue weighted by Crippen LogP contribution is -2.50. The fraction of sp³-hybridized carbons (Fsp3) is 0.857. The maximum absolute atomic E-state index is 12.7. The molecule has 2 saturated heterocycles. The van der Waals surface area contributed by atoms with Crippen molar-refractivity contribution in [1.29, 1.82) is 5.26 Å². The summed E-state index contributed by atoms with van der Waals surface area (Å²) < 4.78 is 0. The van der Waals surface area contributed by atoms with Crippen LogP contribution in [0.15, 0.2) is 0 Å². The highest BCUT2D eigenvalue weighted by atomic mass is 16.2. The van der Waals surface area contributed by atoms with E-state index in [0.717, 1.165) is 25.8 Å². The van der Waals surface area contributed by atoms with Gasteiger partial charge in [0, 0.05) is 6.04 Å². The zero-order valence-corrected chi connectivity index (χ0v) is 11.1. The number of nitriles is 1. The zero-order chi connectivity index (χ0) is 12.9. The van der Waals surface area contributed by atoms with Gasteiger partial charge < -0.3 is 10.2 Å². The lowest BCUT2D eigenvalue weighted by atomic mass is 9.88. The van der Waals surface area contributed by atoms with Crippen molar-refractivity contribution in [3.05, 3.63) is 0 Å². The first-order chi connectivity index (χ1) is 8.63. The van der Waals surface area contributed by atoms with Crippen LogP contribution in [0.1, 0.15) is 33.1 Å². The van der Waals surface area contributed by atoms with Crippen molar-refractivity contribution in [1.82, 2.24) is 10.2 Å². The Morgan fingerprint density at radius 3 is 2.89 bits per heavy atom. The summed E-state index contributed by atoms with van der Waals surface area (Å²) in [5.41, 5.74) is 0. The number of hydrogen-bond acceptors (Lipinski definition) is 3. The fourth-order valence-corrected chi connectivity index (χ4v) is 3.76. The van der Waals surface area contributed by atoms with Crippen molar-refractivity contribution in [2.45, 2.75) is 51.2 Å². The molecule has 3 fully saturated rings. The van der Waals surface area contributed by atoms with E-state index in [0.29, 0.717) is 23.8 Å². The molecule has 0 aromatic carbocycles. The molecule has 0 aromatic rings. The molecule has 0 radical (unpaired) electrons. The van der Waals surface area contributed by atoms with Crippen molar-refractivity contribution in [2.75, 3.05) is 6.54 Å².